The van der Waals surface area contributed by atoms with Crippen molar-refractivity contribution in [3.8, 4) is 23.8 Å². The number of thiocarbonyl (C=S) groups is 1. The predicted molar refractivity (Wildman–Crippen MR) is 103 cm³/mol. The van der Waals surface area contributed by atoms with Crippen LogP contribution >= 0.6 is 23.8 Å². The van der Waals surface area contributed by atoms with Gasteiger partial charge in [0.05, 0.1) is 12.1 Å². The molecule has 0 bridgehead atoms. The number of amides is 2. The Hall–Kier alpha value is -2.82. The highest BCUT2D eigenvalue weighted by molar-refractivity contribution is 7.80. The minimum Gasteiger partial charge on any atom is -0.493 e. The zero-order valence-corrected chi connectivity index (χ0v) is 15.4. The third-order valence-electron chi connectivity index (χ3n) is 3.36. The van der Waals surface area contributed by atoms with Crippen LogP contribution in [0.15, 0.2) is 30.4 Å². The summed E-state index contributed by atoms with van der Waals surface area (Å²) >= 11 is 11.2. The van der Waals surface area contributed by atoms with Crippen molar-refractivity contribution in [2.75, 3.05) is 20.3 Å². The van der Waals surface area contributed by atoms with E-state index in [4.69, 9.17) is 39.7 Å². The lowest BCUT2D eigenvalue weighted by Crippen LogP contribution is -2.53. The molecule has 134 valence electrons. The van der Waals surface area contributed by atoms with E-state index in [9.17, 15) is 9.59 Å². The average molecular weight is 391 g/mol. The van der Waals surface area contributed by atoms with E-state index in [1.165, 1.54) is 30.2 Å². The molecule has 26 heavy (non-hydrogen) atoms. The van der Waals surface area contributed by atoms with E-state index in [0.717, 1.165) is 0 Å². The zero-order chi connectivity index (χ0) is 19.3. The number of benzene rings is 1. The fourth-order valence-electron chi connectivity index (χ4n) is 2.23. The first-order chi connectivity index (χ1) is 12.4. The van der Waals surface area contributed by atoms with Gasteiger partial charge in [0, 0.05) is 6.54 Å². The van der Waals surface area contributed by atoms with Crippen LogP contribution in [0.1, 0.15) is 5.56 Å². The minimum atomic E-state index is -0.594. The number of hydrogen-bond acceptors (Lipinski definition) is 5. The van der Waals surface area contributed by atoms with Gasteiger partial charge in [-0.25, -0.2) is 0 Å². The molecule has 1 heterocycles. The fourth-order valence-corrected chi connectivity index (χ4v) is 2.76. The van der Waals surface area contributed by atoms with Crippen LogP contribution in [0.2, 0.25) is 5.02 Å². The summed E-state index contributed by atoms with van der Waals surface area (Å²) in [5.41, 5.74) is 0.389. The van der Waals surface area contributed by atoms with Crippen molar-refractivity contribution in [2.24, 2.45) is 0 Å². The monoisotopic (exact) mass is 390 g/mol. The number of rotatable bonds is 6. The van der Waals surface area contributed by atoms with Crippen molar-refractivity contribution in [2.45, 2.75) is 0 Å². The predicted octanol–water partition coefficient (Wildman–Crippen LogP) is 2.17. The molecule has 1 aliphatic rings. The van der Waals surface area contributed by atoms with Crippen LogP contribution in [0.5, 0.6) is 11.5 Å². The van der Waals surface area contributed by atoms with Gasteiger partial charge in [0.15, 0.2) is 16.6 Å². The Morgan fingerprint density at radius 1 is 1.46 bits per heavy atom. The quantitative estimate of drug-likeness (QED) is 0.265. The molecule has 1 aliphatic heterocycles. The molecule has 0 aliphatic carbocycles. The second kappa shape index (κ2) is 8.52. The van der Waals surface area contributed by atoms with E-state index in [1.807, 2.05) is 0 Å². The zero-order valence-electron chi connectivity index (χ0n) is 13.9. The van der Waals surface area contributed by atoms with Crippen molar-refractivity contribution in [1.82, 2.24) is 10.2 Å². The summed E-state index contributed by atoms with van der Waals surface area (Å²) < 4.78 is 10.6. The summed E-state index contributed by atoms with van der Waals surface area (Å²) in [6.07, 6.45) is 8.09. The largest absolute Gasteiger partial charge is 0.493 e. The van der Waals surface area contributed by atoms with Gasteiger partial charge in [0.25, 0.3) is 11.8 Å². The Bertz CT molecular complexity index is 857. The summed E-state index contributed by atoms with van der Waals surface area (Å²) in [5.74, 6) is 1.82. The number of halogens is 1. The number of nitrogens with zero attached hydrogens (tertiary/aromatic N) is 1. The lowest BCUT2D eigenvalue weighted by Gasteiger charge is -2.27. The molecule has 0 spiro atoms. The summed E-state index contributed by atoms with van der Waals surface area (Å²) in [6.45, 7) is 3.77. The maximum Gasteiger partial charge on any atom is 0.265 e. The highest BCUT2D eigenvalue weighted by atomic mass is 35.5. The van der Waals surface area contributed by atoms with E-state index in [0.29, 0.717) is 11.3 Å². The summed E-state index contributed by atoms with van der Waals surface area (Å²) in [5, 5.41) is 2.73. The highest BCUT2D eigenvalue weighted by Gasteiger charge is 2.32. The number of ether oxygens (including phenoxy) is 2. The Morgan fingerprint density at radius 3 is 2.81 bits per heavy atom. The second-order valence-corrected chi connectivity index (χ2v) is 5.84. The van der Waals surface area contributed by atoms with Crippen LogP contribution in [0.4, 0.5) is 0 Å². The highest BCUT2D eigenvalue weighted by Crippen LogP contribution is 2.37. The molecular formula is C18H15ClN2O4S. The number of hydrogen-bond donors (Lipinski definition) is 1. The minimum absolute atomic E-state index is 0.0192. The second-order valence-electron chi connectivity index (χ2n) is 5.05. The Morgan fingerprint density at radius 2 is 2.19 bits per heavy atom. The third-order valence-corrected chi connectivity index (χ3v) is 3.96. The maximum atomic E-state index is 12.5. The Labute approximate surface area is 161 Å². The van der Waals surface area contributed by atoms with Gasteiger partial charge in [0.2, 0.25) is 0 Å². The Kier molecular flexibility index (Phi) is 6.39. The van der Waals surface area contributed by atoms with Crippen LogP contribution < -0.4 is 14.8 Å². The fraction of sp³-hybridized carbons (Fsp3) is 0.167. The number of carbonyl (C=O) groups excluding carboxylic acids is 2. The van der Waals surface area contributed by atoms with E-state index >= 15 is 0 Å². The van der Waals surface area contributed by atoms with Crippen LogP contribution in [0, 0.1) is 12.3 Å². The van der Waals surface area contributed by atoms with Gasteiger partial charge in [-0.05, 0) is 36.0 Å². The molecule has 0 atom stereocenters. The van der Waals surface area contributed by atoms with Gasteiger partial charge in [-0.15, -0.1) is 13.0 Å². The molecule has 1 N–H and O–H groups in total. The molecule has 1 saturated heterocycles. The smallest absolute Gasteiger partial charge is 0.265 e. The summed E-state index contributed by atoms with van der Waals surface area (Å²) in [7, 11) is 1.44. The molecular weight excluding hydrogens is 376 g/mol. The van der Waals surface area contributed by atoms with Gasteiger partial charge < -0.3 is 9.47 Å². The number of terminal acetylenes is 1. The molecule has 2 amide bonds. The average Bonchev–Trinajstić information content (AvgIpc) is 2.60. The van der Waals surface area contributed by atoms with Crippen molar-refractivity contribution < 1.29 is 19.1 Å². The molecule has 0 aromatic heterocycles. The molecule has 1 aromatic carbocycles. The van der Waals surface area contributed by atoms with Crippen molar-refractivity contribution in [3.63, 3.8) is 0 Å². The van der Waals surface area contributed by atoms with Gasteiger partial charge >= 0.3 is 0 Å². The van der Waals surface area contributed by atoms with Gasteiger partial charge in [-0.1, -0.05) is 23.6 Å². The van der Waals surface area contributed by atoms with Crippen LogP contribution in [0.3, 0.4) is 0 Å². The van der Waals surface area contributed by atoms with Crippen molar-refractivity contribution in [3.05, 3.63) is 40.9 Å². The SMILES string of the molecule is C#CCOc1c(Cl)cc(/C=C2\C(=O)NC(=S)N(CC=C)C2=O)cc1OC. The first-order valence-corrected chi connectivity index (χ1v) is 8.15. The number of methoxy groups -OCH3 is 1. The summed E-state index contributed by atoms with van der Waals surface area (Å²) in [6, 6.07) is 3.12. The van der Waals surface area contributed by atoms with Crippen molar-refractivity contribution >= 4 is 46.8 Å². The lowest BCUT2D eigenvalue weighted by molar-refractivity contribution is -0.128. The number of nitrogens with one attached hydrogen (secondary N) is 1. The van der Waals surface area contributed by atoms with E-state index in [1.54, 1.807) is 6.07 Å². The van der Waals surface area contributed by atoms with Gasteiger partial charge in [0.1, 0.15) is 12.2 Å². The van der Waals surface area contributed by atoms with Crippen LogP contribution in [0.25, 0.3) is 6.08 Å². The number of carbonyl (C=O) groups is 2. The first kappa shape index (κ1) is 19.5. The molecule has 0 radical (unpaired) electrons. The normalized spacial score (nSPS) is 15.5. The maximum absolute atomic E-state index is 12.5. The van der Waals surface area contributed by atoms with E-state index in [-0.39, 0.29) is 34.6 Å². The molecule has 6 nitrogen and oxygen atoms in total. The topological polar surface area (TPSA) is 67.9 Å². The Balaban J connectivity index is 2.44. The van der Waals surface area contributed by atoms with E-state index < -0.39 is 11.8 Å². The van der Waals surface area contributed by atoms with Crippen molar-refractivity contribution in [1.29, 1.82) is 0 Å². The molecule has 8 heteroatoms. The molecule has 0 unspecified atom stereocenters. The molecule has 0 saturated carbocycles. The van der Waals surface area contributed by atoms with Gasteiger partial charge in [-0.3, -0.25) is 19.8 Å². The summed E-state index contributed by atoms with van der Waals surface area (Å²) in [4.78, 5) is 25.9. The van der Waals surface area contributed by atoms with E-state index in [2.05, 4.69) is 17.8 Å². The molecule has 2 rings (SSSR count). The van der Waals surface area contributed by atoms with Crippen LogP contribution in [-0.2, 0) is 9.59 Å². The first-order valence-electron chi connectivity index (χ1n) is 7.36. The lowest BCUT2D eigenvalue weighted by atomic mass is 10.1. The standard InChI is InChI=1S/C18H15ClN2O4S/c1-4-6-21-17(23)12(16(22)20-18(21)26)8-11-9-13(19)15(25-7-5-2)14(10-11)24-3/h2,4,8-10H,1,6-7H2,3H3,(H,20,22,26)/b12-8+. The third kappa shape index (κ3) is 4.04. The van der Waals surface area contributed by atoms with Gasteiger partial charge in [-0.2, -0.15) is 0 Å². The molecule has 1 fully saturated rings. The molecule has 1 aromatic rings. The van der Waals surface area contributed by atoms with Crippen LogP contribution in [-0.4, -0.2) is 42.1 Å².